The van der Waals surface area contributed by atoms with E-state index in [9.17, 15) is 0 Å². The van der Waals surface area contributed by atoms with Crippen LogP contribution in [0.25, 0.3) is 0 Å². The van der Waals surface area contributed by atoms with Crippen molar-refractivity contribution in [2.24, 2.45) is 0 Å². The largest absolute Gasteiger partial charge is 0.377 e. The summed E-state index contributed by atoms with van der Waals surface area (Å²) in [7, 11) is 6.09. The van der Waals surface area contributed by atoms with Crippen molar-refractivity contribution in [1.29, 1.82) is 0 Å². The number of nitrogens with zero attached hydrogens (tertiary/aromatic N) is 1. The lowest BCUT2D eigenvalue weighted by molar-refractivity contribution is -0.0130. The van der Waals surface area contributed by atoms with Gasteiger partial charge in [0.05, 0.1) is 5.60 Å². The van der Waals surface area contributed by atoms with Crippen molar-refractivity contribution < 1.29 is 4.74 Å². The van der Waals surface area contributed by atoms with E-state index in [4.69, 9.17) is 4.74 Å². The van der Waals surface area contributed by atoms with Gasteiger partial charge in [0.1, 0.15) is 0 Å². The third kappa shape index (κ3) is 4.23. The predicted molar refractivity (Wildman–Crippen MR) is 73.4 cm³/mol. The highest BCUT2D eigenvalue weighted by molar-refractivity contribution is 4.86. The second kappa shape index (κ2) is 6.72. The molecular weight excluding hydrogens is 212 g/mol. The summed E-state index contributed by atoms with van der Waals surface area (Å²) >= 11 is 0. The first-order valence-corrected chi connectivity index (χ1v) is 6.94. The van der Waals surface area contributed by atoms with Gasteiger partial charge in [-0.1, -0.05) is 12.8 Å². The molecule has 0 aromatic heterocycles. The Labute approximate surface area is 107 Å². The van der Waals surface area contributed by atoms with Gasteiger partial charge in [-0.3, -0.25) is 0 Å². The number of likely N-dealkylation sites (N-methyl/N-ethyl adjacent to an activating group) is 1. The molecule has 3 heteroatoms. The molecule has 0 aromatic carbocycles. The topological polar surface area (TPSA) is 24.5 Å². The van der Waals surface area contributed by atoms with Crippen molar-refractivity contribution in [3.05, 3.63) is 0 Å². The normalized spacial score (nSPS) is 20.1. The Morgan fingerprint density at radius 2 is 1.94 bits per heavy atom. The second-order valence-corrected chi connectivity index (χ2v) is 5.86. The highest BCUT2D eigenvalue weighted by Crippen LogP contribution is 2.23. The standard InChI is InChI=1S/C14H30N2O/c1-14(2,17-5)13(15-3)10-11-16(4)12-8-6-7-9-12/h12-13,15H,6-11H2,1-5H3. The van der Waals surface area contributed by atoms with Gasteiger partial charge in [-0.05, 0) is 53.8 Å². The van der Waals surface area contributed by atoms with E-state index in [-0.39, 0.29) is 5.60 Å². The quantitative estimate of drug-likeness (QED) is 0.741. The number of hydrogen-bond donors (Lipinski definition) is 1. The van der Waals surface area contributed by atoms with E-state index in [0.29, 0.717) is 6.04 Å². The zero-order valence-corrected chi connectivity index (χ0v) is 12.3. The average molecular weight is 242 g/mol. The van der Waals surface area contributed by atoms with Crippen LogP contribution in [0.1, 0.15) is 46.0 Å². The van der Waals surface area contributed by atoms with Gasteiger partial charge in [0.2, 0.25) is 0 Å². The van der Waals surface area contributed by atoms with E-state index in [1.54, 1.807) is 7.11 Å². The highest BCUT2D eigenvalue weighted by atomic mass is 16.5. The Bertz CT molecular complexity index is 212. The first kappa shape index (κ1) is 14.9. The third-order valence-electron chi connectivity index (χ3n) is 4.43. The van der Waals surface area contributed by atoms with Crippen LogP contribution in [0.5, 0.6) is 0 Å². The Kier molecular flexibility index (Phi) is 5.90. The van der Waals surface area contributed by atoms with Crippen LogP contribution in [-0.2, 0) is 4.74 Å². The van der Waals surface area contributed by atoms with Gasteiger partial charge in [0.25, 0.3) is 0 Å². The molecule has 0 amide bonds. The summed E-state index contributed by atoms with van der Waals surface area (Å²) in [5.41, 5.74) is -0.0920. The number of ether oxygens (including phenoxy) is 1. The zero-order valence-electron chi connectivity index (χ0n) is 12.3. The molecule has 102 valence electrons. The molecule has 3 nitrogen and oxygen atoms in total. The molecule has 0 bridgehead atoms. The zero-order chi connectivity index (χ0) is 12.9. The molecule has 1 fully saturated rings. The molecule has 17 heavy (non-hydrogen) atoms. The van der Waals surface area contributed by atoms with E-state index in [0.717, 1.165) is 19.0 Å². The van der Waals surface area contributed by atoms with Crippen LogP contribution >= 0.6 is 0 Å². The van der Waals surface area contributed by atoms with Gasteiger partial charge in [0.15, 0.2) is 0 Å². The molecule has 1 N–H and O–H groups in total. The van der Waals surface area contributed by atoms with Crippen LogP contribution in [0.4, 0.5) is 0 Å². The maximum atomic E-state index is 5.57. The lowest BCUT2D eigenvalue weighted by Gasteiger charge is -2.35. The summed E-state index contributed by atoms with van der Waals surface area (Å²) < 4.78 is 5.57. The Morgan fingerprint density at radius 3 is 2.41 bits per heavy atom. The summed E-state index contributed by atoms with van der Waals surface area (Å²) in [6.07, 6.45) is 6.73. The fraction of sp³-hybridized carbons (Fsp3) is 1.00. The summed E-state index contributed by atoms with van der Waals surface area (Å²) in [6, 6.07) is 1.23. The molecule has 0 aliphatic heterocycles. The second-order valence-electron chi connectivity index (χ2n) is 5.86. The minimum atomic E-state index is -0.0920. The number of methoxy groups -OCH3 is 1. The summed E-state index contributed by atoms with van der Waals surface area (Å²) in [5, 5.41) is 3.39. The Hall–Kier alpha value is -0.120. The van der Waals surface area contributed by atoms with Crippen molar-refractivity contribution in [1.82, 2.24) is 10.2 Å². The maximum Gasteiger partial charge on any atom is 0.0775 e. The summed E-state index contributed by atoms with van der Waals surface area (Å²) in [5.74, 6) is 0. The first-order chi connectivity index (χ1) is 8.01. The van der Waals surface area contributed by atoms with E-state index in [1.807, 2.05) is 7.05 Å². The molecule has 0 heterocycles. The molecule has 1 rings (SSSR count). The molecule has 1 aliphatic rings. The molecule has 0 radical (unpaired) electrons. The van der Waals surface area contributed by atoms with Crippen LogP contribution in [-0.4, -0.2) is 50.3 Å². The van der Waals surface area contributed by atoms with Gasteiger partial charge in [-0.25, -0.2) is 0 Å². The first-order valence-electron chi connectivity index (χ1n) is 6.94. The minimum Gasteiger partial charge on any atom is -0.377 e. The monoisotopic (exact) mass is 242 g/mol. The lowest BCUT2D eigenvalue weighted by atomic mass is 9.95. The fourth-order valence-electron chi connectivity index (χ4n) is 2.84. The van der Waals surface area contributed by atoms with Gasteiger partial charge in [-0.15, -0.1) is 0 Å². The van der Waals surface area contributed by atoms with E-state index in [1.165, 1.54) is 25.7 Å². The van der Waals surface area contributed by atoms with Crippen molar-refractivity contribution >= 4 is 0 Å². The number of rotatable bonds is 7. The highest BCUT2D eigenvalue weighted by Gasteiger charge is 2.28. The molecule has 1 unspecified atom stereocenters. The van der Waals surface area contributed by atoms with Crippen molar-refractivity contribution in [2.45, 2.75) is 63.6 Å². The molecular formula is C14H30N2O. The predicted octanol–water partition coefficient (Wildman–Crippen LogP) is 2.26. The summed E-state index contributed by atoms with van der Waals surface area (Å²) in [4.78, 5) is 2.53. The Morgan fingerprint density at radius 1 is 1.35 bits per heavy atom. The molecule has 0 spiro atoms. The Balaban J connectivity index is 2.36. The SMILES string of the molecule is CNC(CCN(C)C1CCCC1)C(C)(C)OC. The fourth-order valence-corrected chi connectivity index (χ4v) is 2.84. The molecule has 0 aromatic rings. The van der Waals surface area contributed by atoms with E-state index >= 15 is 0 Å². The van der Waals surface area contributed by atoms with Crippen LogP contribution in [0.3, 0.4) is 0 Å². The van der Waals surface area contributed by atoms with Crippen LogP contribution in [0.15, 0.2) is 0 Å². The van der Waals surface area contributed by atoms with Gasteiger partial charge in [-0.2, -0.15) is 0 Å². The smallest absolute Gasteiger partial charge is 0.0775 e. The molecule has 1 aliphatic carbocycles. The van der Waals surface area contributed by atoms with Crippen LogP contribution in [0, 0.1) is 0 Å². The average Bonchev–Trinajstić information content (AvgIpc) is 2.82. The number of nitrogens with one attached hydrogen (secondary N) is 1. The van der Waals surface area contributed by atoms with Crippen LogP contribution < -0.4 is 5.32 Å². The summed E-state index contributed by atoms with van der Waals surface area (Å²) in [6.45, 7) is 5.47. The van der Waals surface area contributed by atoms with E-state index < -0.39 is 0 Å². The maximum absolute atomic E-state index is 5.57. The van der Waals surface area contributed by atoms with Crippen molar-refractivity contribution in [3.8, 4) is 0 Å². The minimum absolute atomic E-state index is 0.0920. The van der Waals surface area contributed by atoms with Gasteiger partial charge in [0, 0.05) is 19.2 Å². The number of hydrogen-bond acceptors (Lipinski definition) is 3. The van der Waals surface area contributed by atoms with Crippen molar-refractivity contribution in [3.63, 3.8) is 0 Å². The van der Waals surface area contributed by atoms with Gasteiger partial charge >= 0.3 is 0 Å². The lowest BCUT2D eigenvalue weighted by Crippen LogP contribution is -2.48. The molecule has 1 saturated carbocycles. The van der Waals surface area contributed by atoms with E-state index in [2.05, 4.69) is 31.1 Å². The molecule has 0 saturated heterocycles. The van der Waals surface area contributed by atoms with Crippen LogP contribution in [0.2, 0.25) is 0 Å². The van der Waals surface area contributed by atoms with Crippen molar-refractivity contribution in [2.75, 3.05) is 27.7 Å². The van der Waals surface area contributed by atoms with Gasteiger partial charge < -0.3 is 15.0 Å². The third-order valence-corrected chi connectivity index (χ3v) is 4.43. The molecule has 1 atom stereocenters.